The van der Waals surface area contributed by atoms with Crippen LogP contribution in [-0.2, 0) is 6.54 Å². The molecule has 0 saturated carbocycles. The van der Waals surface area contributed by atoms with Crippen molar-refractivity contribution in [3.63, 3.8) is 0 Å². The Morgan fingerprint density at radius 2 is 2.20 bits per heavy atom. The van der Waals surface area contributed by atoms with Crippen molar-refractivity contribution in [1.82, 2.24) is 9.88 Å². The van der Waals surface area contributed by atoms with E-state index in [1.54, 1.807) is 0 Å². The fraction of sp³-hybridized carbons (Fsp3) is 0.471. The van der Waals surface area contributed by atoms with Gasteiger partial charge < -0.3 is 0 Å². The SMILES string of the molecule is Cc1cc(CN2CCCC(CCl)C2)c2ccccc2n1. The number of likely N-dealkylation sites (tertiary alicyclic amines) is 1. The monoisotopic (exact) mass is 288 g/mol. The Hall–Kier alpha value is -1.12. The molecule has 0 bridgehead atoms. The zero-order chi connectivity index (χ0) is 13.9. The van der Waals surface area contributed by atoms with E-state index in [1.165, 1.54) is 30.3 Å². The summed E-state index contributed by atoms with van der Waals surface area (Å²) in [6.45, 7) is 5.40. The van der Waals surface area contributed by atoms with Gasteiger partial charge in [0.15, 0.2) is 0 Å². The van der Waals surface area contributed by atoms with E-state index < -0.39 is 0 Å². The number of nitrogens with zero attached hydrogens (tertiary/aromatic N) is 2. The number of aryl methyl sites for hydroxylation is 1. The Kier molecular flexibility index (Phi) is 4.23. The number of hydrogen-bond acceptors (Lipinski definition) is 2. The van der Waals surface area contributed by atoms with E-state index in [0.717, 1.165) is 30.2 Å². The van der Waals surface area contributed by atoms with Crippen LogP contribution in [0.5, 0.6) is 0 Å². The highest BCUT2D eigenvalue weighted by atomic mass is 35.5. The van der Waals surface area contributed by atoms with Gasteiger partial charge in [-0.1, -0.05) is 18.2 Å². The second-order valence-corrected chi connectivity index (χ2v) is 6.15. The third-order valence-electron chi connectivity index (χ3n) is 4.15. The fourth-order valence-electron chi connectivity index (χ4n) is 3.19. The molecule has 2 heterocycles. The molecule has 1 fully saturated rings. The van der Waals surface area contributed by atoms with Gasteiger partial charge in [-0.15, -0.1) is 11.6 Å². The summed E-state index contributed by atoms with van der Waals surface area (Å²) in [6.07, 6.45) is 2.54. The van der Waals surface area contributed by atoms with Crippen molar-refractivity contribution in [2.75, 3.05) is 19.0 Å². The van der Waals surface area contributed by atoms with Crippen LogP contribution in [0.25, 0.3) is 10.9 Å². The summed E-state index contributed by atoms with van der Waals surface area (Å²) in [6, 6.07) is 10.7. The molecule has 3 heteroatoms. The van der Waals surface area contributed by atoms with Gasteiger partial charge in [-0.05, 0) is 49.9 Å². The van der Waals surface area contributed by atoms with Crippen LogP contribution in [0, 0.1) is 12.8 Å². The van der Waals surface area contributed by atoms with Crippen molar-refractivity contribution in [3.05, 3.63) is 41.6 Å². The van der Waals surface area contributed by atoms with Crippen LogP contribution in [0.3, 0.4) is 0 Å². The lowest BCUT2D eigenvalue weighted by molar-refractivity contribution is 0.178. The summed E-state index contributed by atoms with van der Waals surface area (Å²) >= 11 is 6.03. The largest absolute Gasteiger partial charge is 0.299 e. The van der Waals surface area contributed by atoms with Crippen molar-refractivity contribution in [3.8, 4) is 0 Å². The van der Waals surface area contributed by atoms with E-state index in [0.29, 0.717) is 5.92 Å². The van der Waals surface area contributed by atoms with Crippen LogP contribution in [-0.4, -0.2) is 28.9 Å². The van der Waals surface area contributed by atoms with Crippen molar-refractivity contribution in [2.24, 2.45) is 5.92 Å². The predicted molar refractivity (Wildman–Crippen MR) is 85.2 cm³/mol. The molecule has 1 aromatic carbocycles. The van der Waals surface area contributed by atoms with Crippen LogP contribution in [0.4, 0.5) is 0 Å². The minimum atomic E-state index is 0.652. The lowest BCUT2D eigenvalue weighted by Crippen LogP contribution is -2.35. The first-order valence-electron chi connectivity index (χ1n) is 7.40. The van der Waals surface area contributed by atoms with Crippen LogP contribution in [0.1, 0.15) is 24.1 Å². The average molecular weight is 289 g/mol. The molecule has 1 aromatic heterocycles. The van der Waals surface area contributed by atoms with Crippen molar-refractivity contribution in [1.29, 1.82) is 0 Å². The molecule has 20 heavy (non-hydrogen) atoms. The van der Waals surface area contributed by atoms with E-state index in [2.05, 4.69) is 47.1 Å². The molecule has 0 N–H and O–H groups in total. The lowest BCUT2D eigenvalue weighted by Gasteiger charge is -2.32. The molecule has 1 aliphatic heterocycles. The maximum absolute atomic E-state index is 6.03. The van der Waals surface area contributed by atoms with E-state index >= 15 is 0 Å². The quantitative estimate of drug-likeness (QED) is 0.794. The molecule has 1 unspecified atom stereocenters. The van der Waals surface area contributed by atoms with Gasteiger partial charge >= 0.3 is 0 Å². The highest BCUT2D eigenvalue weighted by Crippen LogP contribution is 2.23. The molecule has 0 radical (unpaired) electrons. The first kappa shape index (κ1) is 13.8. The summed E-state index contributed by atoms with van der Waals surface area (Å²) in [5.74, 6) is 1.44. The molecule has 2 aromatic rings. The molecule has 1 saturated heterocycles. The number of alkyl halides is 1. The predicted octanol–water partition coefficient (Wildman–Crippen LogP) is 3.99. The first-order valence-corrected chi connectivity index (χ1v) is 7.93. The van der Waals surface area contributed by atoms with E-state index in [9.17, 15) is 0 Å². The molecular weight excluding hydrogens is 268 g/mol. The van der Waals surface area contributed by atoms with Gasteiger partial charge in [0, 0.05) is 30.0 Å². The number of pyridine rings is 1. The van der Waals surface area contributed by atoms with Crippen LogP contribution in [0.2, 0.25) is 0 Å². The van der Waals surface area contributed by atoms with Crippen molar-refractivity contribution in [2.45, 2.75) is 26.3 Å². The highest BCUT2D eigenvalue weighted by Gasteiger charge is 2.19. The van der Waals surface area contributed by atoms with Gasteiger partial charge in [0.05, 0.1) is 5.52 Å². The molecule has 1 aliphatic rings. The third kappa shape index (κ3) is 2.97. The number of piperidine rings is 1. The number of rotatable bonds is 3. The van der Waals surface area contributed by atoms with Crippen LogP contribution < -0.4 is 0 Å². The molecule has 2 nitrogen and oxygen atoms in total. The summed E-state index contributed by atoms with van der Waals surface area (Å²) in [5.41, 5.74) is 3.60. The van der Waals surface area contributed by atoms with Crippen molar-refractivity contribution >= 4 is 22.5 Å². The maximum atomic E-state index is 6.03. The van der Waals surface area contributed by atoms with Crippen molar-refractivity contribution < 1.29 is 0 Å². The summed E-state index contributed by atoms with van der Waals surface area (Å²) < 4.78 is 0. The zero-order valence-electron chi connectivity index (χ0n) is 12.0. The summed E-state index contributed by atoms with van der Waals surface area (Å²) in [4.78, 5) is 7.16. The highest BCUT2D eigenvalue weighted by molar-refractivity contribution is 6.18. The van der Waals surface area contributed by atoms with Crippen LogP contribution >= 0.6 is 11.6 Å². The van der Waals surface area contributed by atoms with Gasteiger partial charge in [-0.25, -0.2) is 0 Å². The average Bonchev–Trinajstić information content (AvgIpc) is 2.47. The number of aromatic nitrogens is 1. The van der Waals surface area contributed by atoms with Gasteiger partial charge in [0.2, 0.25) is 0 Å². The second-order valence-electron chi connectivity index (χ2n) is 5.84. The van der Waals surface area contributed by atoms with Crippen LogP contribution in [0.15, 0.2) is 30.3 Å². The molecule has 0 amide bonds. The minimum Gasteiger partial charge on any atom is -0.299 e. The minimum absolute atomic E-state index is 0.652. The second kappa shape index (κ2) is 6.11. The van der Waals surface area contributed by atoms with Gasteiger partial charge in [-0.2, -0.15) is 0 Å². The van der Waals surface area contributed by atoms with Gasteiger partial charge in [0.25, 0.3) is 0 Å². The Labute approximate surface area is 125 Å². The number of halogens is 1. The smallest absolute Gasteiger partial charge is 0.0708 e. The normalized spacial score (nSPS) is 20.4. The Morgan fingerprint density at radius 1 is 1.35 bits per heavy atom. The van der Waals surface area contributed by atoms with E-state index in [4.69, 9.17) is 11.6 Å². The molecule has 0 spiro atoms. The standard InChI is InChI=1S/C17H21ClN2/c1-13-9-15(16-6-2-3-7-17(16)19-13)12-20-8-4-5-14(10-18)11-20/h2-3,6-7,9,14H,4-5,8,10-12H2,1H3. The van der Waals surface area contributed by atoms with Gasteiger partial charge in [0.1, 0.15) is 0 Å². The fourth-order valence-corrected chi connectivity index (χ4v) is 3.44. The van der Waals surface area contributed by atoms with E-state index in [-0.39, 0.29) is 0 Å². The van der Waals surface area contributed by atoms with E-state index in [1.807, 2.05) is 0 Å². The van der Waals surface area contributed by atoms with Gasteiger partial charge in [-0.3, -0.25) is 9.88 Å². The Bertz CT molecular complexity index is 597. The lowest BCUT2D eigenvalue weighted by atomic mass is 9.99. The summed E-state index contributed by atoms with van der Waals surface area (Å²) in [5, 5.41) is 1.28. The Morgan fingerprint density at radius 3 is 3.05 bits per heavy atom. The number of benzene rings is 1. The number of para-hydroxylation sites is 1. The maximum Gasteiger partial charge on any atom is 0.0708 e. The topological polar surface area (TPSA) is 16.1 Å². The zero-order valence-corrected chi connectivity index (χ0v) is 12.7. The Balaban J connectivity index is 1.86. The molecular formula is C17H21ClN2. The third-order valence-corrected chi connectivity index (χ3v) is 4.58. The first-order chi connectivity index (χ1) is 9.76. The molecule has 1 atom stereocenters. The number of hydrogen-bond donors (Lipinski definition) is 0. The molecule has 106 valence electrons. The number of fused-ring (bicyclic) bond motifs is 1. The summed E-state index contributed by atoms with van der Waals surface area (Å²) in [7, 11) is 0. The molecule has 0 aliphatic carbocycles. The molecule has 3 rings (SSSR count).